The second kappa shape index (κ2) is 9.24. The maximum atomic E-state index is 6.19. The molecule has 0 aliphatic rings. The third kappa shape index (κ3) is 5.59. The Kier molecular flexibility index (Phi) is 6.74. The predicted octanol–water partition coefficient (Wildman–Crippen LogP) is 5.49. The highest BCUT2D eigenvalue weighted by molar-refractivity contribution is 14.1. The van der Waals surface area contributed by atoms with Gasteiger partial charge in [-0.2, -0.15) is 15.0 Å². The normalized spacial score (nSPS) is 10.6. The van der Waals surface area contributed by atoms with Crippen molar-refractivity contribution in [1.82, 2.24) is 15.0 Å². The van der Waals surface area contributed by atoms with Crippen molar-refractivity contribution in [1.29, 1.82) is 0 Å². The molecule has 0 spiro atoms. The molecule has 2 aromatic carbocycles. The first-order valence-electron chi connectivity index (χ1n) is 8.49. The third-order valence-electron chi connectivity index (χ3n) is 3.46. The quantitative estimate of drug-likeness (QED) is 0.406. The number of halogens is 2. The van der Waals surface area contributed by atoms with Gasteiger partial charge in [-0.3, -0.25) is 0 Å². The zero-order valence-corrected chi connectivity index (χ0v) is 18.4. The van der Waals surface area contributed by atoms with Gasteiger partial charge in [0.2, 0.25) is 11.9 Å². The second-order valence-electron chi connectivity index (χ2n) is 6.09. The SMILES string of the molecule is COc1ccc(Nc2nc(NC(C)C)nc(Oc3ccc(I)cc3)n2)cc1Cl. The van der Waals surface area contributed by atoms with Gasteiger partial charge in [-0.05, 0) is 78.9 Å². The minimum absolute atomic E-state index is 0.150. The van der Waals surface area contributed by atoms with Crippen molar-refractivity contribution in [3.63, 3.8) is 0 Å². The van der Waals surface area contributed by atoms with E-state index >= 15 is 0 Å². The van der Waals surface area contributed by atoms with Gasteiger partial charge in [0.1, 0.15) is 11.5 Å². The van der Waals surface area contributed by atoms with Gasteiger partial charge >= 0.3 is 6.01 Å². The second-order valence-corrected chi connectivity index (χ2v) is 7.75. The van der Waals surface area contributed by atoms with Crippen molar-refractivity contribution in [3.8, 4) is 17.5 Å². The summed E-state index contributed by atoms with van der Waals surface area (Å²) in [5.41, 5.74) is 0.715. The maximum Gasteiger partial charge on any atom is 0.328 e. The average Bonchev–Trinajstić information content (AvgIpc) is 2.63. The Morgan fingerprint density at radius 3 is 2.36 bits per heavy atom. The molecule has 146 valence electrons. The van der Waals surface area contributed by atoms with Crippen molar-refractivity contribution < 1.29 is 9.47 Å². The molecule has 0 aliphatic carbocycles. The van der Waals surface area contributed by atoms with Crippen LogP contribution in [0.1, 0.15) is 13.8 Å². The van der Waals surface area contributed by atoms with E-state index in [0.717, 1.165) is 3.57 Å². The van der Waals surface area contributed by atoms with E-state index in [4.69, 9.17) is 21.1 Å². The minimum atomic E-state index is 0.150. The van der Waals surface area contributed by atoms with E-state index in [1.807, 2.05) is 44.2 Å². The first kappa shape index (κ1) is 20.4. The van der Waals surface area contributed by atoms with E-state index in [1.54, 1.807) is 19.2 Å². The number of anilines is 3. The molecule has 0 aliphatic heterocycles. The largest absolute Gasteiger partial charge is 0.495 e. The van der Waals surface area contributed by atoms with Crippen LogP contribution in [0.2, 0.25) is 5.02 Å². The number of rotatable bonds is 7. The van der Waals surface area contributed by atoms with Crippen molar-refractivity contribution in [2.75, 3.05) is 17.7 Å². The lowest BCUT2D eigenvalue weighted by Gasteiger charge is -2.13. The number of methoxy groups -OCH3 is 1. The molecular weight excluding hydrogens is 493 g/mol. The summed E-state index contributed by atoms with van der Waals surface area (Å²) in [5, 5.41) is 6.77. The topological polar surface area (TPSA) is 81.2 Å². The molecule has 7 nitrogen and oxygen atoms in total. The number of aromatic nitrogens is 3. The number of nitrogens with one attached hydrogen (secondary N) is 2. The summed E-state index contributed by atoms with van der Waals surface area (Å²) in [4.78, 5) is 13.1. The van der Waals surface area contributed by atoms with Crippen LogP contribution in [0.4, 0.5) is 17.6 Å². The monoisotopic (exact) mass is 511 g/mol. The maximum absolute atomic E-state index is 6.19. The van der Waals surface area contributed by atoms with Gasteiger partial charge in [0.25, 0.3) is 0 Å². The van der Waals surface area contributed by atoms with E-state index in [2.05, 4.69) is 48.2 Å². The predicted molar refractivity (Wildman–Crippen MR) is 119 cm³/mol. The summed E-state index contributed by atoms with van der Waals surface area (Å²) in [6, 6.07) is 13.3. The highest BCUT2D eigenvalue weighted by Crippen LogP contribution is 2.29. The summed E-state index contributed by atoms with van der Waals surface area (Å²) < 4.78 is 12.1. The molecule has 0 atom stereocenters. The molecule has 0 saturated carbocycles. The number of hydrogen-bond acceptors (Lipinski definition) is 7. The lowest BCUT2D eigenvalue weighted by molar-refractivity contribution is 0.415. The Balaban J connectivity index is 1.88. The van der Waals surface area contributed by atoms with Crippen LogP contribution in [0.5, 0.6) is 17.5 Å². The molecule has 0 radical (unpaired) electrons. The first-order chi connectivity index (χ1) is 13.4. The summed E-state index contributed by atoms with van der Waals surface area (Å²) in [7, 11) is 1.57. The molecule has 0 bridgehead atoms. The molecule has 3 rings (SSSR count). The van der Waals surface area contributed by atoms with Crippen LogP contribution in [-0.2, 0) is 0 Å². The lowest BCUT2D eigenvalue weighted by Crippen LogP contribution is -2.14. The van der Waals surface area contributed by atoms with E-state index in [0.29, 0.717) is 34.1 Å². The van der Waals surface area contributed by atoms with Gasteiger partial charge in [-0.25, -0.2) is 0 Å². The van der Waals surface area contributed by atoms with E-state index in [-0.39, 0.29) is 12.1 Å². The van der Waals surface area contributed by atoms with Crippen molar-refractivity contribution >= 4 is 51.8 Å². The molecule has 0 fully saturated rings. The Bertz CT molecular complexity index is 954. The molecule has 9 heteroatoms. The highest BCUT2D eigenvalue weighted by atomic mass is 127. The molecule has 3 aromatic rings. The zero-order chi connectivity index (χ0) is 20.1. The lowest BCUT2D eigenvalue weighted by atomic mass is 10.3. The van der Waals surface area contributed by atoms with Gasteiger partial charge in [-0.15, -0.1) is 0 Å². The van der Waals surface area contributed by atoms with E-state index in [1.165, 1.54) is 0 Å². The molecular formula is C19H19ClIN5O2. The number of hydrogen-bond donors (Lipinski definition) is 2. The fourth-order valence-electron chi connectivity index (χ4n) is 2.26. The summed E-state index contributed by atoms with van der Waals surface area (Å²) in [6.07, 6.45) is 0. The van der Waals surface area contributed by atoms with Crippen LogP contribution >= 0.6 is 34.2 Å². The molecule has 2 N–H and O–H groups in total. The molecule has 0 saturated heterocycles. The molecule has 28 heavy (non-hydrogen) atoms. The van der Waals surface area contributed by atoms with Gasteiger partial charge in [-0.1, -0.05) is 11.6 Å². The number of ether oxygens (including phenoxy) is 2. The summed E-state index contributed by atoms with van der Waals surface area (Å²) >= 11 is 8.43. The van der Waals surface area contributed by atoms with Crippen molar-refractivity contribution in [3.05, 3.63) is 51.1 Å². The summed E-state index contributed by atoms with van der Waals surface area (Å²) in [6.45, 7) is 4.00. The Hall–Kier alpha value is -2.33. The average molecular weight is 512 g/mol. The number of benzene rings is 2. The van der Waals surface area contributed by atoms with Crippen LogP contribution in [0.25, 0.3) is 0 Å². The van der Waals surface area contributed by atoms with Crippen LogP contribution in [0, 0.1) is 3.57 Å². The number of nitrogens with zero attached hydrogens (tertiary/aromatic N) is 3. The molecule has 0 unspecified atom stereocenters. The zero-order valence-electron chi connectivity index (χ0n) is 15.5. The molecule has 1 aromatic heterocycles. The van der Waals surface area contributed by atoms with Crippen molar-refractivity contribution in [2.24, 2.45) is 0 Å². The molecule has 0 amide bonds. The minimum Gasteiger partial charge on any atom is -0.495 e. The van der Waals surface area contributed by atoms with E-state index < -0.39 is 0 Å². The standard InChI is InChI=1S/C19H19ClIN5O2/c1-11(2)22-17-24-18(23-13-6-9-16(27-3)15(20)10-13)26-19(25-17)28-14-7-4-12(21)5-8-14/h4-11H,1-3H3,(H2,22,23,24,25,26). The smallest absolute Gasteiger partial charge is 0.328 e. The van der Waals surface area contributed by atoms with Crippen molar-refractivity contribution in [2.45, 2.75) is 19.9 Å². The van der Waals surface area contributed by atoms with Crippen LogP contribution in [-0.4, -0.2) is 28.1 Å². The Morgan fingerprint density at radius 2 is 1.71 bits per heavy atom. The van der Waals surface area contributed by atoms with Gasteiger partial charge in [0, 0.05) is 15.3 Å². The summed E-state index contributed by atoms with van der Waals surface area (Å²) in [5.74, 6) is 1.97. The highest BCUT2D eigenvalue weighted by Gasteiger charge is 2.11. The van der Waals surface area contributed by atoms with Crippen LogP contribution < -0.4 is 20.1 Å². The van der Waals surface area contributed by atoms with Crippen LogP contribution in [0.15, 0.2) is 42.5 Å². The van der Waals surface area contributed by atoms with Gasteiger partial charge in [0.05, 0.1) is 12.1 Å². The third-order valence-corrected chi connectivity index (χ3v) is 4.48. The van der Waals surface area contributed by atoms with Gasteiger partial charge < -0.3 is 20.1 Å². The fraction of sp³-hybridized carbons (Fsp3) is 0.211. The van der Waals surface area contributed by atoms with Crippen LogP contribution in [0.3, 0.4) is 0 Å². The van der Waals surface area contributed by atoms with E-state index in [9.17, 15) is 0 Å². The Labute approximate surface area is 182 Å². The first-order valence-corrected chi connectivity index (χ1v) is 9.95. The molecule has 1 heterocycles. The Morgan fingerprint density at radius 1 is 1.00 bits per heavy atom. The fourth-order valence-corrected chi connectivity index (χ4v) is 2.88. The van der Waals surface area contributed by atoms with Gasteiger partial charge in [0.15, 0.2) is 0 Å².